The first-order chi connectivity index (χ1) is 9.94. The highest BCUT2D eigenvalue weighted by molar-refractivity contribution is 5.14. The fourth-order valence-electron chi connectivity index (χ4n) is 6.58. The van der Waals surface area contributed by atoms with Gasteiger partial charge < -0.3 is 10.1 Å². The van der Waals surface area contributed by atoms with E-state index in [0.717, 1.165) is 5.92 Å². The second-order valence-corrected chi connectivity index (χ2v) is 9.24. The molecule has 1 spiro atoms. The van der Waals surface area contributed by atoms with E-state index < -0.39 is 0 Å². The SMILES string of the molecule is CNC1CC(OC2CC3CCC2(C)C3(C)C)C12CCCC2. The molecule has 4 fully saturated rings. The van der Waals surface area contributed by atoms with Gasteiger partial charge in [-0.05, 0) is 62.3 Å². The molecule has 0 heterocycles. The highest BCUT2D eigenvalue weighted by atomic mass is 16.5. The molecular weight excluding hydrogens is 258 g/mol. The molecule has 0 radical (unpaired) electrons. The van der Waals surface area contributed by atoms with Gasteiger partial charge in [-0.3, -0.25) is 0 Å². The first-order valence-corrected chi connectivity index (χ1v) is 9.27. The number of rotatable bonds is 3. The van der Waals surface area contributed by atoms with Gasteiger partial charge in [0.25, 0.3) is 0 Å². The highest BCUT2D eigenvalue weighted by Crippen LogP contribution is 2.67. The summed E-state index contributed by atoms with van der Waals surface area (Å²) in [4.78, 5) is 0. The average molecular weight is 291 g/mol. The standard InChI is InChI=1S/C19H33NO/c1-17(2)13-7-10-18(17,3)15(11-13)21-16-12-14(20-4)19(16)8-5-6-9-19/h13-16,20H,5-12H2,1-4H3. The van der Waals surface area contributed by atoms with E-state index >= 15 is 0 Å². The Balaban J connectivity index is 1.51. The molecule has 1 N–H and O–H groups in total. The van der Waals surface area contributed by atoms with Crippen LogP contribution in [0, 0.1) is 22.2 Å². The summed E-state index contributed by atoms with van der Waals surface area (Å²) in [5.74, 6) is 0.896. The lowest BCUT2D eigenvalue weighted by Gasteiger charge is -2.56. The Kier molecular flexibility index (Phi) is 3.09. The number of hydrogen-bond acceptors (Lipinski definition) is 2. The first kappa shape index (κ1) is 14.5. The smallest absolute Gasteiger partial charge is 0.0665 e. The van der Waals surface area contributed by atoms with Gasteiger partial charge in [0.15, 0.2) is 0 Å². The van der Waals surface area contributed by atoms with Gasteiger partial charge in [0.2, 0.25) is 0 Å². The van der Waals surface area contributed by atoms with E-state index in [1.165, 1.54) is 51.4 Å². The van der Waals surface area contributed by atoms with Crippen LogP contribution in [0.5, 0.6) is 0 Å². The highest BCUT2D eigenvalue weighted by Gasteiger charge is 2.64. The van der Waals surface area contributed by atoms with Crippen LogP contribution < -0.4 is 5.32 Å². The summed E-state index contributed by atoms with van der Waals surface area (Å²) in [6.45, 7) is 7.51. The Labute approximate surface area is 130 Å². The topological polar surface area (TPSA) is 21.3 Å². The van der Waals surface area contributed by atoms with Gasteiger partial charge in [0.05, 0.1) is 12.2 Å². The first-order valence-electron chi connectivity index (χ1n) is 9.27. The van der Waals surface area contributed by atoms with E-state index in [0.29, 0.717) is 34.5 Å². The summed E-state index contributed by atoms with van der Waals surface area (Å²) in [6, 6.07) is 0.712. The summed E-state index contributed by atoms with van der Waals surface area (Å²) in [6.07, 6.45) is 12.0. The monoisotopic (exact) mass is 291 g/mol. The zero-order valence-corrected chi connectivity index (χ0v) is 14.4. The molecule has 4 aliphatic rings. The second-order valence-electron chi connectivity index (χ2n) is 9.24. The zero-order chi connectivity index (χ0) is 14.9. The molecule has 4 aliphatic carbocycles. The van der Waals surface area contributed by atoms with Crippen LogP contribution in [-0.4, -0.2) is 25.3 Å². The molecule has 0 aromatic carbocycles. The molecule has 2 heteroatoms. The van der Waals surface area contributed by atoms with E-state index in [4.69, 9.17) is 4.74 Å². The van der Waals surface area contributed by atoms with Crippen molar-refractivity contribution in [2.45, 2.75) is 90.4 Å². The Morgan fingerprint density at radius 1 is 0.952 bits per heavy atom. The van der Waals surface area contributed by atoms with Crippen molar-refractivity contribution in [1.29, 1.82) is 0 Å². The zero-order valence-electron chi connectivity index (χ0n) is 14.4. The van der Waals surface area contributed by atoms with Gasteiger partial charge in [-0.15, -0.1) is 0 Å². The third-order valence-corrected chi connectivity index (χ3v) is 8.71. The van der Waals surface area contributed by atoms with Crippen LogP contribution in [0.3, 0.4) is 0 Å². The van der Waals surface area contributed by atoms with Crippen molar-refractivity contribution in [3.05, 3.63) is 0 Å². The Bertz CT molecular complexity index is 425. The van der Waals surface area contributed by atoms with Gasteiger partial charge in [0, 0.05) is 11.5 Å². The molecule has 2 bridgehead atoms. The molecule has 0 aliphatic heterocycles. The molecule has 21 heavy (non-hydrogen) atoms. The van der Waals surface area contributed by atoms with Gasteiger partial charge in [-0.2, -0.15) is 0 Å². The second kappa shape index (κ2) is 4.47. The van der Waals surface area contributed by atoms with Crippen LogP contribution in [-0.2, 0) is 4.74 Å². The number of hydrogen-bond donors (Lipinski definition) is 1. The predicted molar refractivity (Wildman–Crippen MR) is 86.3 cm³/mol. The van der Waals surface area contributed by atoms with E-state index in [1.807, 2.05) is 0 Å². The van der Waals surface area contributed by atoms with Gasteiger partial charge >= 0.3 is 0 Å². The van der Waals surface area contributed by atoms with E-state index in [9.17, 15) is 0 Å². The van der Waals surface area contributed by atoms with Crippen LogP contribution in [0.25, 0.3) is 0 Å². The maximum atomic E-state index is 6.85. The Morgan fingerprint density at radius 3 is 2.19 bits per heavy atom. The molecule has 0 saturated heterocycles. The van der Waals surface area contributed by atoms with Crippen LogP contribution in [0.15, 0.2) is 0 Å². The molecular formula is C19H33NO. The minimum Gasteiger partial charge on any atom is -0.374 e. The minimum atomic E-state index is 0.419. The van der Waals surface area contributed by atoms with Gasteiger partial charge in [-0.1, -0.05) is 33.6 Å². The summed E-state index contributed by atoms with van der Waals surface area (Å²) in [7, 11) is 2.14. The summed E-state index contributed by atoms with van der Waals surface area (Å²) in [5, 5.41) is 3.57. The summed E-state index contributed by atoms with van der Waals surface area (Å²) in [5.41, 5.74) is 1.38. The molecule has 5 unspecified atom stereocenters. The lowest BCUT2D eigenvalue weighted by atomic mass is 9.60. The van der Waals surface area contributed by atoms with E-state index in [1.54, 1.807) is 0 Å². The molecule has 0 amide bonds. The number of ether oxygens (including phenoxy) is 1. The fraction of sp³-hybridized carbons (Fsp3) is 1.00. The quantitative estimate of drug-likeness (QED) is 0.844. The fourth-order valence-corrected chi connectivity index (χ4v) is 6.58. The Hall–Kier alpha value is -0.0800. The maximum Gasteiger partial charge on any atom is 0.0665 e. The van der Waals surface area contributed by atoms with Crippen molar-refractivity contribution < 1.29 is 4.74 Å². The van der Waals surface area contributed by atoms with Crippen molar-refractivity contribution in [2.75, 3.05) is 7.05 Å². The van der Waals surface area contributed by atoms with Crippen LogP contribution in [0.2, 0.25) is 0 Å². The third kappa shape index (κ3) is 1.67. The number of nitrogens with one attached hydrogen (secondary N) is 1. The Morgan fingerprint density at radius 2 is 1.67 bits per heavy atom. The van der Waals surface area contributed by atoms with Crippen molar-refractivity contribution in [1.82, 2.24) is 5.32 Å². The number of fused-ring (bicyclic) bond motifs is 2. The normalized spacial score (nSPS) is 49.7. The van der Waals surface area contributed by atoms with Crippen molar-refractivity contribution in [3.63, 3.8) is 0 Å². The molecule has 4 rings (SSSR count). The summed E-state index contributed by atoms with van der Waals surface area (Å²) >= 11 is 0. The van der Waals surface area contributed by atoms with Crippen LogP contribution >= 0.6 is 0 Å². The third-order valence-electron chi connectivity index (χ3n) is 8.71. The molecule has 5 atom stereocenters. The molecule has 4 saturated carbocycles. The average Bonchev–Trinajstić information content (AvgIpc) is 3.07. The van der Waals surface area contributed by atoms with Crippen LogP contribution in [0.1, 0.15) is 72.1 Å². The van der Waals surface area contributed by atoms with E-state index in [-0.39, 0.29) is 0 Å². The lowest BCUT2D eigenvalue weighted by Crippen LogP contribution is -2.63. The molecule has 2 nitrogen and oxygen atoms in total. The predicted octanol–water partition coefficient (Wildman–Crippen LogP) is 4.14. The van der Waals surface area contributed by atoms with Crippen LogP contribution in [0.4, 0.5) is 0 Å². The molecule has 120 valence electrons. The van der Waals surface area contributed by atoms with Crippen molar-refractivity contribution in [3.8, 4) is 0 Å². The maximum absolute atomic E-state index is 6.85. The summed E-state index contributed by atoms with van der Waals surface area (Å²) < 4.78 is 6.85. The lowest BCUT2D eigenvalue weighted by molar-refractivity contribution is -0.187. The van der Waals surface area contributed by atoms with E-state index in [2.05, 4.69) is 33.1 Å². The largest absolute Gasteiger partial charge is 0.374 e. The molecule has 0 aromatic rings. The molecule has 0 aromatic heterocycles. The van der Waals surface area contributed by atoms with Crippen molar-refractivity contribution >= 4 is 0 Å². The van der Waals surface area contributed by atoms with Crippen molar-refractivity contribution in [2.24, 2.45) is 22.2 Å². The minimum absolute atomic E-state index is 0.419. The van der Waals surface area contributed by atoms with Gasteiger partial charge in [-0.25, -0.2) is 0 Å². The van der Waals surface area contributed by atoms with Gasteiger partial charge in [0.1, 0.15) is 0 Å².